The molecule has 1 aliphatic heterocycles. The molecule has 2 heterocycles. The van der Waals surface area contributed by atoms with Gasteiger partial charge in [-0.05, 0) is 29.8 Å². The molecule has 9 heteroatoms. The highest BCUT2D eigenvalue weighted by Gasteiger charge is 2.16. The van der Waals surface area contributed by atoms with Gasteiger partial charge in [-0.2, -0.15) is 10.2 Å². The zero-order chi connectivity index (χ0) is 23.9. The van der Waals surface area contributed by atoms with E-state index in [9.17, 15) is 10.1 Å². The Morgan fingerprint density at radius 2 is 1.94 bits per heavy atom. The molecule has 34 heavy (non-hydrogen) atoms. The van der Waals surface area contributed by atoms with Crippen LogP contribution in [-0.2, 0) is 16.1 Å². The van der Waals surface area contributed by atoms with E-state index in [0.717, 1.165) is 30.9 Å². The first kappa shape index (κ1) is 22.9. The van der Waals surface area contributed by atoms with E-state index in [1.807, 2.05) is 48.5 Å². The summed E-state index contributed by atoms with van der Waals surface area (Å²) in [6, 6.07) is 17.2. The van der Waals surface area contributed by atoms with Crippen LogP contribution in [0.2, 0.25) is 0 Å². The first-order valence-corrected chi connectivity index (χ1v) is 10.8. The summed E-state index contributed by atoms with van der Waals surface area (Å²) in [5, 5.41) is 15.7. The minimum Gasteiger partial charge on any atom is -0.379 e. The number of ether oxygens (including phenoxy) is 1. The summed E-state index contributed by atoms with van der Waals surface area (Å²) in [5.41, 5.74) is 9.00. The number of aromatic nitrogens is 2. The van der Waals surface area contributed by atoms with Crippen molar-refractivity contribution in [1.29, 1.82) is 5.26 Å². The Hall–Kier alpha value is -4.26. The van der Waals surface area contributed by atoms with E-state index in [0.29, 0.717) is 35.8 Å². The number of primary amides is 1. The molecule has 1 aliphatic rings. The summed E-state index contributed by atoms with van der Waals surface area (Å²) in [4.78, 5) is 23.0. The van der Waals surface area contributed by atoms with Gasteiger partial charge in [0.1, 0.15) is 11.6 Å². The third-order valence-electron chi connectivity index (χ3n) is 5.41. The number of para-hydroxylation sites is 1. The zero-order valence-corrected chi connectivity index (χ0v) is 18.6. The number of anilines is 4. The number of morpholine rings is 1. The number of benzene rings is 2. The normalized spacial score (nSPS) is 13.6. The summed E-state index contributed by atoms with van der Waals surface area (Å²) in [6.07, 6.45) is 1.44. The average molecular weight is 456 g/mol. The predicted molar refractivity (Wildman–Crippen MR) is 131 cm³/mol. The standard InChI is InChI=1S/C25H25N7O2/c1-17(23(27)33)21-13-18(16-32-9-11-34-12-10-32)7-8-22(21)30-25-28-15-19(14-26)24(31-25)29-20-5-3-2-4-6-20/h2-8,13,15H,1,9-12,16H2,(H2,27,33)(H2,28,29,30,31). The van der Waals surface area contributed by atoms with Gasteiger partial charge in [0.25, 0.3) is 0 Å². The number of nitrogens with one attached hydrogen (secondary N) is 2. The van der Waals surface area contributed by atoms with Crippen LogP contribution in [0.3, 0.4) is 0 Å². The molecule has 1 aromatic heterocycles. The quantitative estimate of drug-likeness (QED) is 0.442. The van der Waals surface area contributed by atoms with Gasteiger partial charge < -0.3 is 21.1 Å². The molecule has 4 N–H and O–H groups in total. The molecule has 0 radical (unpaired) electrons. The van der Waals surface area contributed by atoms with E-state index >= 15 is 0 Å². The maximum Gasteiger partial charge on any atom is 0.248 e. The topological polar surface area (TPSA) is 129 Å². The van der Waals surface area contributed by atoms with Crippen molar-refractivity contribution in [3.63, 3.8) is 0 Å². The smallest absolute Gasteiger partial charge is 0.248 e. The summed E-state index contributed by atoms with van der Waals surface area (Å²) < 4.78 is 5.41. The third-order valence-corrected chi connectivity index (χ3v) is 5.41. The first-order chi connectivity index (χ1) is 16.5. The Kier molecular flexibility index (Phi) is 7.13. The monoisotopic (exact) mass is 455 g/mol. The number of amides is 1. The summed E-state index contributed by atoms with van der Waals surface area (Å²) in [5.74, 6) is 0.0149. The second-order valence-corrected chi connectivity index (χ2v) is 7.79. The molecule has 1 fully saturated rings. The van der Waals surface area contributed by atoms with E-state index < -0.39 is 5.91 Å². The number of nitrogens with zero attached hydrogens (tertiary/aromatic N) is 4. The number of carbonyl (C=O) groups excluding carboxylic acids is 1. The maximum absolute atomic E-state index is 11.9. The first-order valence-electron chi connectivity index (χ1n) is 10.8. The molecule has 0 atom stereocenters. The van der Waals surface area contributed by atoms with Crippen molar-refractivity contribution in [2.75, 3.05) is 36.9 Å². The lowest BCUT2D eigenvalue weighted by Gasteiger charge is -2.27. The van der Waals surface area contributed by atoms with E-state index in [1.54, 1.807) is 0 Å². The summed E-state index contributed by atoms with van der Waals surface area (Å²) >= 11 is 0. The van der Waals surface area contributed by atoms with E-state index in [2.05, 4.69) is 38.1 Å². The van der Waals surface area contributed by atoms with Gasteiger partial charge in [-0.1, -0.05) is 30.8 Å². The van der Waals surface area contributed by atoms with Gasteiger partial charge >= 0.3 is 0 Å². The van der Waals surface area contributed by atoms with Gasteiger partial charge in [-0.25, -0.2) is 4.98 Å². The largest absolute Gasteiger partial charge is 0.379 e. The number of carbonyl (C=O) groups is 1. The molecule has 2 aromatic carbocycles. The number of nitriles is 1. The van der Waals surface area contributed by atoms with Crippen molar-refractivity contribution < 1.29 is 9.53 Å². The number of nitrogens with two attached hydrogens (primary N) is 1. The fourth-order valence-electron chi connectivity index (χ4n) is 3.60. The van der Waals surface area contributed by atoms with Gasteiger partial charge in [0.2, 0.25) is 11.9 Å². The van der Waals surface area contributed by atoms with Crippen molar-refractivity contribution >= 4 is 34.6 Å². The maximum atomic E-state index is 11.9. The molecule has 3 aromatic rings. The molecule has 0 aliphatic carbocycles. The van der Waals surface area contributed by atoms with E-state index in [4.69, 9.17) is 10.5 Å². The van der Waals surface area contributed by atoms with Gasteiger partial charge in [0.15, 0.2) is 5.82 Å². The fraction of sp³-hybridized carbons (Fsp3) is 0.200. The highest BCUT2D eigenvalue weighted by Crippen LogP contribution is 2.28. The van der Waals surface area contributed by atoms with Gasteiger partial charge in [-0.15, -0.1) is 0 Å². The zero-order valence-electron chi connectivity index (χ0n) is 18.6. The van der Waals surface area contributed by atoms with Crippen LogP contribution in [-0.4, -0.2) is 47.1 Å². The molecule has 172 valence electrons. The van der Waals surface area contributed by atoms with Crippen LogP contribution in [0, 0.1) is 11.3 Å². The van der Waals surface area contributed by atoms with Crippen molar-refractivity contribution in [3.8, 4) is 6.07 Å². The van der Waals surface area contributed by atoms with Crippen LogP contribution in [0.15, 0.2) is 61.3 Å². The third kappa shape index (κ3) is 5.56. The van der Waals surface area contributed by atoms with Crippen LogP contribution in [0.25, 0.3) is 5.57 Å². The van der Waals surface area contributed by atoms with Crippen LogP contribution < -0.4 is 16.4 Å². The van der Waals surface area contributed by atoms with Crippen molar-refractivity contribution in [3.05, 3.63) is 78.0 Å². The Bertz CT molecular complexity index is 1230. The number of hydrogen-bond acceptors (Lipinski definition) is 8. The van der Waals surface area contributed by atoms with Crippen molar-refractivity contribution in [2.24, 2.45) is 5.73 Å². The summed E-state index contributed by atoms with van der Waals surface area (Å²) in [7, 11) is 0. The van der Waals surface area contributed by atoms with Gasteiger partial charge in [0.05, 0.1) is 19.4 Å². The molecular weight excluding hydrogens is 430 g/mol. The predicted octanol–water partition coefficient (Wildman–Crippen LogP) is 3.17. The lowest BCUT2D eigenvalue weighted by atomic mass is 10.0. The summed E-state index contributed by atoms with van der Waals surface area (Å²) in [6.45, 7) is 7.70. The molecule has 0 spiro atoms. The lowest BCUT2D eigenvalue weighted by Crippen LogP contribution is -2.35. The van der Waals surface area contributed by atoms with Gasteiger partial charge in [0, 0.05) is 42.1 Å². The molecule has 0 saturated carbocycles. The molecule has 1 amide bonds. The van der Waals surface area contributed by atoms with E-state index in [-0.39, 0.29) is 11.5 Å². The van der Waals surface area contributed by atoms with Crippen molar-refractivity contribution in [1.82, 2.24) is 14.9 Å². The van der Waals surface area contributed by atoms with Gasteiger partial charge in [-0.3, -0.25) is 9.69 Å². The molecule has 9 nitrogen and oxygen atoms in total. The average Bonchev–Trinajstić information content (AvgIpc) is 2.86. The van der Waals surface area contributed by atoms with Crippen LogP contribution in [0.5, 0.6) is 0 Å². The van der Waals surface area contributed by atoms with E-state index in [1.165, 1.54) is 6.20 Å². The number of hydrogen-bond donors (Lipinski definition) is 3. The van der Waals surface area contributed by atoms with Crippen LogP contribution in [0.1, 0.15) is 16.7 Å². The van der Waals surface area contributed by atoms with Crippen molar-refractivity contribution in [2.45, 2.75) is 6.54 Å². The second kappa shape index (κ2) is 10.6. The Morgan fingerprint density at radius 3 is 2.65 bits per heavy atom. The molecule has 1 saturated heterocycles. The Balaban J connectivity index is 1.62. The Labute approximate surface area is 197 Å². The van der Waals surface area contributed by atoms with Crippen LogP contribution >= 0.6 is 0 Å². The van der Waals surface area contributed by atoms with Crippen LogP contribution in [0.4, 0.5) is 23.1 Å². The molecule has 0 bridgehead atoms. The fourth-order valence-corrected chi connectivity index (χ4v) is 3.60. The highest BCUT2D eigenvalue weighted by atomic mass is 16.5. The molecular formula is C25H25N7O2. The molecule has 0 unspecified atom stereocenters. The molecule has 4 rings (SSSR count). The number of rotatable bonds is 8. The lowest BCUT2D eigenvalue weighted by molar-refractivity contribution is -0.112. The Morgan fingerprint density at radius 1 is 1.18 bits per heavy atom. The second-order valence-electron chi connectivity index (χ2n) is 7.79. The highest BCUT2D eigenvalue weighted by molar-refractivity contribution is 6.19. The SMILES string of the molecule is C=C(C(N)=O)c1cc(CN2CCOCC2)ccc1Nc1ncc(C#N)c(Nc2ccccc2)n1. The minimum atomic E-state index is -0.612. The minimum absolute atomic E-state index is 0.183.